The molecule has 0 amide bonds. The molecule has 0 bridgehead atoms. The van der Waals surface area contributed by atoms with Gasteiger partial charge >= 0.3 is 5.97 Å². The molecule has 1 heterocycles. The third kappa shape index (κ3) is 2.93. The van der Waals surface area contributed by atoms with E-state index in [0.717, 1.165) is 5.56 Å². The van der Waals surface area contributed by atoms with Gasteiger partial charge in [-0.05, 0) is 30.7 Å². The lowest BCUT2D eigenvalue weighted by Crippen LogP contribution is -2.14. The fourth-order valence-corrected chi connectivity index (χ4v) is 1.84. The number of nitrogen functional groups attached to an aromatic ring is 1. The summed E-state index contributed by atoms with van der Waals surface area (Å²) in [7, 11) is 0. The number of benzene rings is 1. The van der Waals surface area contributed by atoms with Crippen molar-refractivity contribution in [3.05, 3.63) is 53.6 Å². The lowest BCUT2D eigenvalue weighted by atomic mass is 10.2. The molecule has 0 unspecified atom stereocenters. The maximum absolute atomic E-state index is 12.8. The monoisotopic (exact) mass is 262 g/mol. The zero-order valence-electron chi connectivity index (χ0n) is 10.6. The minimum atomic E-state index is -0.452. The van der Waals surface area contributed by atoms with E-state index in [1.807, 2.05) is 0 Å². The van der Waals surface area contributed by atoms with E-state index < -0.39 is 5.97 Å². The molecule has 2 N–H and O–H groups in total. The maximum atomic E-state index is 12.8. The number of hydrogen-bond acceptors (Lipinski definition) is 3. The van der Waals surface area contributed by atoms with Crippen molar-refractivity contribution >= 4 is 11.7 Å². The average Bonchev–Trinajstić information content (AvgIpc) is 2.74. The van der Waals surface area contributed by atoms with Gasteiger partial charge in [0, 0.05) is 12.7 Å². The average molecular weight is 262 g/mol. The van der Waals surface area contributed by atoms with E-state index in [-0.39, 0.29) is 5.82 Å². The first-order valence-electron chi connectivity index (χ1n) is 5.98. The summed E-state index contributed by atoms with van der Waals surface area (Å²) in [6.07, 6.45) is 1.71. The number of nitrogens with two attached hydrogens (primary N) is 1. The van der Waals surface area contributed by atoms with E-state index >= 15 is 0 Å². The van der Waals surface area contributed by atoms with Crippen molar-refractivity contribution in [3.63, 3.8) is 0 Å². The van der Waals surface area contributed by atoms with Gasteiger partial charge in [0.05, 0.1) is 12.3 Å². The van der Waals surface area contributed by atoms with Crippen LogP contribution in [0.1, 0.15) is 23.0 Å². The van der Waals surface area contributed by atoms with E-state index in [1.165, 1.54) is 12.1 Å². The van der Waals surface area contributed by atoms with Crippen LogP contribution >= 0.6 is 0 Å². The molecule has 0 aliphatic rings. The second kappa shape index (κ2) is 5.56. The van der Waals surface area contributed by atoms with E-state index in [9.17, 15) is 9.18 Å². The normalized spacial score (nSPS) is 10.4. The Morgan fingerprint density at radius 1 is 1.32 bits per heavy atom. The molecule has 0 atom stereocenters. The Bertz CT molecular complexity index is 576. The predicted molar refractivity (Wildman–Crippen MR) is 70.3 cm³/mol. The largest absolute Gasteiger partial charge is 0.461 e. The van der Waals surface area contributed by atoms with Crippen molar-refractivity contribution in [3.8, 4) is 0 Å². The lowest BCUT2D eigenvalue weighted by molar-refractivity contribution is 0.0516. The Morgan fingerprint density at radius 2 is 2.00 bits per heavy atom. The second-order valence-corrected chi connectivity index (χ2v) is 4.09. The zero-order valence-corrected chi connectivity index (χ0v) is 10.6. The van der Waals surface area contributed by atoms with E-state index in [0.29, 0.717) is 24.5 Å². The lowest BCUT2D eigenvalue weighted by Gasteiger charge is -2.09. The summed E-state index contributed by atoms with van der Waals surface area (Å²) in [6, 6.07) is 7.75. The Kier molecular flexibility index (Phi) is 3.85. The molecule has 19 heavy (non-hydrogen) atoms. The number of rotatable bonds is 4. The minimum Gasteiger partial charge on any atom is -0.461 e. The van der Waals surface area contributed by atoms with Gasteiger partial charge in [-0.3, -0.25) is 0 Å². The highest BCUT2D eigenvalue weighted by Gasteiger charge is 2.16. The summed E-state index contributed by atoms with van der Waals surface area (Å²) in [5.41, 5.74) is 7.35. The van der Waals surface area contributed by atoms with Gasteiger partial charge in [0.2, 0.25) is 0 Å². The summed E-state index contributed by atoms with van der Waals surface area (Å²) < 4.78 is 19.5. The number of nitrogens with zero attached hydrogens (tertiary/aromatic N) is 1. The number of halogens is 1. The van der Waals surface area contributed by atoms with Gasteiger partial charge in [0.1, 0.15) is 5.82 Å². The highest BCUT2D eigenvalue weighted by atomic mass is 19.1. The third-order valence-electron chi connectivity index (χ3n) is 2.73. The summed E-state index contributed by atoms with van der Waals surface area (Å²) in [4.78, 5) is 11.8. The molecule has 0 saturated carbocycles. The first-order valence-corrected chi connectivity index (χ1v) is 5.98. The molecular formula is C14H15FN2O2. The molecule has 0 aliphatic carbocycles. The molecule has 5 heteroatoms. The van der Waals surface area contributed by atoms with Crippen molar-refractivity contribution in [2.45, 2.75) is 13.5 Å². The van der Waals surface area contributed by atoms with Crippen LogP contribution < -0.4 is 5.73 Å². The number of carbonyl (C=O) groups is 1. The second-order valence-electron chi connectivity index (χ2n) is 4.09. The summed E-state index contributed by atoms with van der Waals surface area (Å²) in [5.74, 6) is -0.742. The standard InChI is InChI=1S/C14H15FN2O2/c1-2-19-14(18)13-12(16)7-8-17(13)9-10-3-5-11(15)6-4-10/h3-8H,2,9,16H2,1H3. The van der Waals surface area contributed by atoms with Crippen molar-refractivity contribution in [2.24, 2.45) is 0 Å². The smallest absolute Gasteiger partial charge is 0.357 e. The van der Waals surface area contributed by atoms with Gasteiger partial charge in [-0.15, -0.1) is 0 Å². The molecule has 4 nitrogen and oxygen atoms in total. The highest BCUT2D eigenvalue weighted by molar-refractivity contribution is 5.93. The van der Waals surface area contributed by atoms with Gasteiger partial charge < -0.3 is 15.0 Å². The van der Waals surface area contributed by atoms with Crippen molar-refractivity contribution in [2.75, 3.05) is 12.3 Å². The summed E-state index contributed by atoms with van der Waals surface area (Å²) in [6.45, 7) is 2.47. The Balaban J connectivity index is 2.25. The van der Waals surface area contributed by atoms with Gasteiger partial charge in [-0.1, -0.05) is 12.1 Å². The van der Waals surface area contributed by atoms with Crippen LogP contribution in [-0.4, -0.2) is 17.1 Å². The third-order valence-corrected chi connectivity index (χ3v) is 2.73. The molecule has 0 radical (unpaired) electrons. The van der Waals surface area contributed by atoms with Gasteiger partial charge in [-0.2, -0.15) is 0 Å². The molecule has 2 aromatic rings. The molecule has 100 valence electrons. The van der Waals surface area contributed by atoms with Crippen LogP contribution in [0.3, 0.4) is 0 Å². The molecule has 0 saturated heterocycles. The van der Waals surface area contributed by atoms with Crippen LogP contribution in [0.5, 0.6) is 0 Å². The number of ether oxygens (including phenoxy) is 1. The fourth-order valence-electron chi connectivity index (χ4n) is 1.84. The molecule has 0 spiro atoms. The van der Waals surface area contributed by atoms with Crippen molar-refractivity contribution in [1.82, 2.24) is 4.57 Å². The zero-order chi connectivity index (χ0) is 13.8. The molecule has 1 aromatic heterocycles. The van der Waals surface area contributed by atoms with Crippen molar-refractivity contribution in [1.29, 1.82) is 0 Å². The number of anilines is 1. The first-order chi connectivity index (χ1) is 9.11. The van der Waals surface area contributed by atoms with Crippen LogP contribution in [0.15, 0.2) is 36.5 Å². The molecule has 2 rings (SSSR count). The van der Waals surface area contributed by atoms with Crippen LogP contribution in [0, 0.1) is 5.82 Å². The Hall–Kier alpha value is -2.30. The SMILES string of the molecule is CCOC(=O)c1c(N)ccn1Cc1ccc(F)cc1. The number of aromatic nitrogens is 1. The Labute approximate surface area is 110 Å². The van der Waals surface area contributed by atoms with Crippen LogP contribution in [0.2, 0.25) is 0 Å². The topological polar surface area (TPSA) is 57.2 Å². The maximum Gasteiger partial charge on any atom is 0.357 e. The summed E-state index contributed by atoms with van der Waals surface area (Å²) >= 11 is 0. The van der Waals surface area contributed by atoms with Crippen LogP contribution in [0.4, 0.5) is 10.1 Å². The van der Waals surface area contributed by atoms with Crippen LogP contribution in [0.25, 0.3) is 0 Å². The minimum absolute atomic E-state index is 0.290. The molecule has 0 fully saturated rings. The Morgan fingerprint density at radius 3 is 2.63 bits per heavy atom. The van der Waals surface area contributed by atoms with E-state index in [2.05, 4.69) is 0 Å². The van der Waals surface area contributed by atoms with E-state index in [1.54, 1.807) is 35.9 Å². The summed E-state index contributed by atoms with van der Waals surface area (Å²) in [5, 5.41) is 0. The van der Waals surface area contributed by atoms with E-state index in [4.69, 9.17) is 10.5 Å². The fraction of sp³-hybridized carbons (Fsp3) is 0.214. The first kappa shape index (κ1) is 13.1. The van der Waals surface area contributed by atoms with Gasteiger partial charge in [-0.25, -0.2) is 9.18 Å². The number of hydrogen-bond donors (Lipinski definition) is 1. The predicted octanol–water partition coefficient (Wildman–Crippen LogP) is 2.43. The molecule has 1 aromatic carbocycles. The number of carbonyl (C=O) groups excluding carboxylic acids is 1. The highest BCUT2D eigenvalue weighted by Crippen LogP contribution is 2.17. The van der Waals surface area contributed by atoms with Crippen LogP contribution in [-0.2, 0) is 11.3 Å². The molecule has 0 aliphatic heterocycles. The van der Waals surface area contributed by atoms with Gasteiger partial charge in [0.25, 0.3) is 0 Å². The van der Waals surface area contributed by atoms with Crippen molar-refractivity contribution < 1.29 is 13.9 Å². The molecular weight excluding hydrogens is 247 g/mol. The van der Waals surface area contributed by atoms with Gasteiger partial charge in [0.15, 0.2) is 5.69 Å². The quantitative estimate of drug-likeness (QED) is 0.861. The number of esters is 1.